The van der Waals surface area contributed by atoms with Crippen molar-refractivity contribution < 1.29 is 13.2 Å². The summed E-state index contributed by atoms with van der Waals surface area (Å²) in [6, 6.07) is 19.7. The highest BCUT2D eigenvalue weighted by Gasteiger charge is 2.20. The fourth-order valence-electron chi connectivity index (χ4n) is 3.22. The minimum Gasteiger partial charge on any atom is -0.340 e. The number of carbonyl (C=O) groups excluding carboxylic acids is 1. The van der Waals surface area contributed by atoms with Crippen LogP contribution in [0.5, 0.6) is 0 Å². The summed E-state index contributed by atoms with van der Waals surface area (Å²) in [5.74, 6) is -0.849. The Hall–Kier alpha value is -2.93. The van der Waals surface area contributed by atoms with Gasteiger partial charge in [-0.25, -0.2) is 8.42 Å². The molecule has 2 aromatic carbocycles. The van der Waals surface area contributed by atoms with E-state index >= 15 is 0 Å². The van der Waals surface area contributed by atoms with E-state index in [9.17, 15) is 13.2 Å². The van der Waals surface area contributed by atoms with Gasteiger partial charge in [0.05, 0.1) is 18.5 Å². The highest BCUT2D eigenvalue weighted by atomic mass is 32.2. The summed E-state index contributed by atoms with van der Waals surface area (Å²) in [5.41, 5.74) is 3.10. The van der Waals surface area contributed by atoms with Crippen LogP contribution in [0, 0.1) is 0 Å². The van der Waals surface area contributed by atoms with E-state index in [2.05, 4.69) is 5.10 Å². The minimum atomic E-state index is -3.44. The van der Waals surface area contributed by atoms with Gasteiger partial charge in [0, 0.05) is 25.4 Å². The molecule has 0 radical (unpaired) electrons. The number of nitrogens with zero attached hydrogens (tertiary/aromatic N) is 3. The van der Waals surface area contributed by atoms with E-state index in [0.717, 1.165) is 16.7 Å². The molecule has 30 heavy (non-hydrogen) atoms. The average Bonchev–Trinajstić information content (AvgIpc) is 3.15. The Bertz CT molecular complexity index is 1050. The third-order valence-electron chi connectivity index (χ3n) is 4.83. The van der Waals surface area contributed by atoms with Gasteiger partial charge in [0.2, 0.25) is 5.91 Å². The molecule has 0 N–H and O–H groups in total. The zero-order valence-electron chi connectivity index (χ0n) is 17.1. The Labute approximate surface area is 178 Å². The molecule has 0 saturated heterocycles. The Morgan fingerprint density at radius 1 is 0.967 bits per heavy atom. The lowest BCUT2D eigenvalue weighted by molar-refractivity contribution is -0.127. The van der Waals surface area contributed by atoms with Gasteiger partial charge in [0.25, 0.3) is 0 Å². The fraction of sp³-hybridized carbons (Fsp3) is 0.304. The number of amides is 1. The molecule has 0 bridgehead atoms. The molecular formula is C23H27N3O3S. The van der Waals surface area contributed by atoms with Crippen LogP contribution < -0.4 is 0 Å². The van der Waals surface area contributed by atoms with Crippen LogP contribution in [0.25, 0.3) is 0 Å². The van der Waals surface area contributed by atoms with Crippen molar-refractivity contribution in [2.24, 2.45) is 0 Å². The van der Waals surface area contributed by atoms with E-state index in [1.54, 1.807) is 13.2 Å². The molecule has 0 aliphatic heterocycles. The third kappa shape index (κ3) is 6.84. The maximum atomic E-state index is 12.4. The molecule has 1 heterocycles. The normalized spacial score (nSPS) is 11.4. The Morgan fingerprint density at radius 3 is 2.27 bits per heavy atom. The minimum absolute atomic E-state index is 0.0104. The molecule has 0 aliphatic carbocycles. The highest BCUT2D eigenvalue weighted by molar-refractivity contribution is 7.92. The van der Waals surface area contributed by atoms with E-state index in [1.165, 1.54) is 4.90 Å². The molecule has 0 unspecified atom stereocenters. The molecule has 0 fully saturated rings. The van der Waals surface area contributed by atoms with Gasteiger partial charge in [-0.3, -0.25) is 9.48 Å². The molecule has 6 nitrogen and oxygen atoms in total. The van der Waals surface area contributed by atoms with Gasteiger partial charge in [-0.15, -0.1) is 0 Å². The van der Waals surface area contributed by atoms with Crippen molar-refractivity contribution in [3.63, 3.8) is 0 Å². The molecule has 3 rings (SSSR count). The summed E-state index contributed by atoms with van der Waals surface area (Å²) in [5, 5.41) is 4.33. The van der Waals surface area contributed by atoms with E-state index in [-0.39, 0.29) is 5.75 Å². The first-order chi connectivity index (χ1) is 14.4. The van der Waals surface area contributed by atoms with Crippen LogP contribution in [0.15, 0.2) is 73.1 Å². The number of sulfone groups is 1. The van der Waals surface area contributed by atoms with Crippen molar-refractivity contribution in [3.05, 3.63) is 89.7 Å². The van der Waals surface area contributed by atoms with Crippen LogP contribution in [-0.2, 0) is 34.1 Å². The smallest absolute Gasteiger partial charge is 0.237 e. The number of carbonyl (C=O) groups is 1. The number of hydrogen-bond donors (Lipinski definition) is 0. The fourth-order valence-corrected chi connectivity index (χ4v) is 4.54. The predicted octanol–water partition coefficient (Wildman–Crippen LogP) is 2.94. The second kappa shape index (κ2) is 10.2. The van der Waals surface area contributed by atoms with Gasteiger partial charge in [-0.2, -0.15) is 5.10 Å². The summed E-state index contributed by atoms with van der Waals surface area (Å²) in [6.07, 6.45) is 4.78. The zero-order valence-corrected chi connectivity index (χ0v) is 18.0. The summed E-state index contributed by atoms with van der Waals surface area (Å²) < 4.78 is 26.5. The summed E-state index contributed by atoms with van der Waals surface area (Å²) in [7, 11) is -1.81. The summed E-state index contributed by atoms with van der Waals surface area (Å²) >= 11 is 0. The van der Waals surface area contributed by atoms with Crippen molar-refractivity contribution >= 4 is 15.7 Å². The number of hydrogen-bond acceptors (Lipinski definition) is 4. The molecule has 158 valence electrons. The lowest BCUT2D eigenvalue weighted by Crippen LogP contribution is -2.33. The average molecular weight is 426 g/mol. The highest BCUT2D eigenvalue weighted by Crippen LogP contribution is 2.08. The number of aryl methyl sites for hydroxylation is 1. The number of aromatic nitrogens is 2. The van der Waals surface area contributed by atoms with Crippen LogP contribution in [-0.4, -0.2) is 47.6 Å². The maximum absolute atomic E-state index is 12.4. The lowest BCUT2D eigenvalue weighted by atomic mass is 10.1. The van der Waals surface area contributed by atoms with E-state index in [1.807, 2.05) is 71.5 Å². The van der Waals surface area contributed by atoms with E-state index in [0.29, 0.717) is 25.9 Å². The quantitative estimate of drug-likeness (QED) is 0.501. The molecule has 0 aliphatic rings. The van der Waals surface area contributed by atoms with Crippen molar-refractivity contribution in [2.45, 2.75) is 25.9 Å². The van der Waals surface area contributed by atoms with Crippen molar-refractivity contribution in [1.29, 1.82) is 0 Å². The molecule has 1 amide bonds. The van der Waals surface area contributed by atoms with Crippen LogP contribution in [0.4, 0.5) is 0 Å². The molecule has 3 aromatic rings. The Kier molecular flexibility index (Phi) is 7.41. The molecule has 0 atom stereocenters. The first kappa shape index (κ1) is 21.8. The van der Waals surface area contributed by atoms with Gasteiger partial charge in [0.1, 0.15) is 5.75 Å². The molecular weight excluding hydrogens is 398 g/mol. The topological polar surface area (TPSA) is 72.3 Å². The third-order valence-corrected chi connectivity index (χ3v) is 6.42. The first-order valence-electron chi connectivity index (χ1n) is 9.95. The van der Waals surface area contributed by atoms with Gasteiger partial charge in [0.15, 0.2) is 9.84 Å². The largest absolute Gasteiger partial charge is 0.340 e. The molecule has 7 heteroatoms. The van der Waals surface area contributed by atoms with Gasteiger partial charge < -0.3 is 4.90 Å². The van der Waals surface area contributed by atoms with Crippen LogP contribution in [0.3, 0.4) is 0 Å². The Morgan fingerprint density at radius 2 is 1.60 bits per heavy atom. The standard InChI is InChI=1S/C23H27N3O3S/c1-25(16-22-15-24-26(18-22)17-21-11-6-3-7-12-21)23(27)19-30(28,29)14-8-13-20-9-4-2-5-10-20/h2-7,9-12,15,18H,8,13-14,16-17,19H2,1H3. The van der Waals surface area contributed by atoms with Crippen LogP contribution in [0.1, 0.15) is 23.1 Å². The van der Waals surface area contributed by atoms with Crippen molar-refractivity contribution in [3.8, 4) is 0 Å². The zero-order chi connectivity index (χ0) is 21.4. The lowest BCUT2D eigenvalue weighted by Gasteiger charge is -2.16. The maximum Gasteiger partial charge on any atom is 0.237 e. The van der Waals surface area contributed by atoms with Crippen LogP contribution >= 0.6 is 0 Å². The van der Waals surface area contributed by atoms with E-state index < -0.39 is 21.5 Å². The summed E-state index contributed by atoms with van der Waals surface area (Å²) in [6.45, 7) is 0.974. The molecule has 1 aromatic heterocycles. The first-order valence-corrected chi connectivity index (χ1v) is 11.8. The van der Waals surface area contributed by atoms with Crippen molar-refractivity contribution in [2.75, 3.05) is 18.6 Å². The predicted molar refractivity (Wildman–Crippen MR) is 118 cm³/mol. The molecule has 0 saturated carbocycles. The second-order valence-electron chi connectivity index (χ2n) is 7.46. The Balaban J connectivity index is 1.47. The van der Waals surface area contributed by atoms with E-state index in [4.69, 9.17) is 0 Å². The summed E-state index contributed by atoms with van der Waals surface area (Å²) in [4.78, 5) is 13.9. The molecule has 0 spiro atoms. The SMILES string of the molecule is CN(Cc1cnn(Cc2ccccc2)c1)C(=O)CS(=O)(=O)CCCc1ccccc1. The van der Waals surface area contributed by atoms with Gasteiger partial charge in [-0.05, 0) is 24.0 Å². The number of benzene rings is 2. The number of rotatable bonds is 10. The van der Waals surface area contributed by atoms with Crippen molar-refractivity contribution in [1.82, 2.24) is 14.7 Å². The van der Waals surface area contributed by atoms with Gasteiger partial charge in [-0.1, -0.05) is 60.7 Å². The monoisotopic (exact) mass is 425 g/mol. The van der Waals surface area contributed by atoms with Crippen LogP contribution in [0.2, 0.25) is 0 Å². The van der Waals surface area contributed by atoms with Gasteiger partial charge >= 0.3 is 0 Å². The second-order valence-corrected chi connectivity index (χ2v) is 9.65.